The molecule has 0 aromatic rings. The van der Waals surface area contributed by atoms with Crippen LogP contribution in [0.3, 0.4) is 0 Å². The fourth-order valence-corrected chi connectivity index (χ4v) is 1.74. The number of hydrogen-bond donors (Lipinski definition) is 1. The van der Waals surface area contributed by atoms with Gasteiger partial charge in [0.1, 0.15) is 0 Å². The summed E-state index contributed by atoms with van der Waals surface area (Å²) in [5, 5.41) is 12.2. The summed E-state index contributed by atoms with van der Waals surface area (Å²) in [5.74, 6) is -0.270. The first-order valence-corrected chi connectivity index (χ1v) is 5.12. The largest absolute Gasteiger partial charge is 0.479 e. The van der Waals surface area contributed by atoms with Crippen molar-refractivity contribution in [2.75, 3.05) is 6.61 Å². The average Bonchev–Trinajstić information content (AvgIpc) is 2.18. The Kier molecular flexibility index (Phi) is 4.43. The van der Waals surface area contributed by atoms with Gasteiger partial charge in [-0.1, -0.05) is 18.5 Å². The topological polar surface area (TPSA) is 58.9 Å². The number of rotatable bonds is 4. The van der Waals surface area contributed by atoms with Crippen molar-refractivity contribution in [2.24, 2.45) is 11.1 Å². The van der Waals surface area contributed by atoms with Crippen LogP contribution in [0.25, 0.3) is 0 Å². The Morgan fingerprint density at radius 2 is 2.50 bits per heavy atom. The van der Waals surface area contributed by atoms with Gasteiger partial charge < -0.3 is 9.94 Å². The first-order valence-electron chi connectivity index (χ1n) is 5.12. The van der Waals surface area contributed by atoms with Crippen LogP contribution in [0, 0.1) is 5.92 Å². The standard InChI is InChI=1S/C10H17NO3/c1-2-8-4-3-5-9(6-8)11-14-7-10(12)13/h8H,2-7H2,1H3,(H,12,13). The van der Waals surface area contributed by atoms with E-state index in [1.807, 2.05) is 0 Å². The number of carboxylic acid groups (broad SMARTS) is 1. The van der Waals surface area contributed by atoms with Crippen molar-refractivity contribution < 1.29 is 14.7 Å². The van der Waals surface area contributed by atoms with Gasteiger partial charge in [-0.15, -0.1) is 0 Å². The van der Waals surface area contributed by atoms with Gasteiger partial charge in [-0.3, -0.25) is 0 Å². The van der Waals surface area contributed by atoms with Gasteiger partial charge in [0.25, 0.3) is 0 Å². The number of carboxylic acids is 1. The van der Waals surface area contributed by atoms with Gasteiger partial charge >= 0.3 is 5.97 Å². The molecule has 1 saturated carbocycles. The van der Waals surface area contributed by atoms with Crippen LogP contribution in [0.1, 0.15) is 39.0 Å². The van der Waals surface area contributed by atoms with E-state index in [0.29, 0.717) is 5.92 Å². The molecular weight excluding hydrogens is 182 g/mol. The summed E-state index contributed by atoms with van der Waals surface area (Å²) in [7, 11) is 0. The number of aliphatic carboxylic acids is 1. The monoisotopic (exact) mass is 199 g/mol. The van der Waals surface area contributed by atoms with E-state index in [0.717, 1.165) is 31.4 Å². The third kappa shape index (κ3) is 3.77. The van der Waals surface area contributed by atoms with Gasteiger partial charge in [0.05, 0.1) is 5.71 Å². The predicted octanol–water partition coefficient (Wildman–Crippen LogP) is 2.04. The lowest BCUT2D eigenvalue weighted by Gasteiger charge is -2.20. The molecule has 1 aliphatic carbocycles. The second kappa shape index (κ2) is 5.62. The second-order valence-corrected chi connectivity index (χ2v) is 3.70. The highest BCUT2D eigenvalue weighted by Gasteiger charge is 2.16. The minimum absolute atomic E-state index is 0.333. The molecule has 0 aromatic carbocycles. The summed E-state index contributed by atoms with van der Waals surface area (Å²) in [6.45, 7) is 1.84. The highest BCUT2D eigenvalue weighted by atomic mass is 16.6. The molecule has 4 heteroatoms. The van der Waals surface area contributed by atoms with Gasteiger partial charge in [-0.2, -0.15) is 0 Å². The van der Waals surface area contributed by atoms with Crippen LogP contribution in [0.4, 0.5) is 0 Å². The highest BCUT2D eigenvalue weighted by Crippen LogP contribution is 2.24. The van der Waals surface area contributed by atoms with Gasteiger partial charge in [-0.25, -0.2) is 4.79 Å². The van der Waals surface area contributed by atoms with Crippen molar-refractivity contribution in [2.45, 2.75) is 39.0 Å². The maximum absolute atomic E-state index is 10.2. The van der Waals surface area contributed by atoms with Crippen LogP contribution in [0.2, 0.25) is 0 Å². The Bertz CT molecular complexity index is 225. The van der Waals surface area contributed by atoms with E-state index in [2.05, 4.69) is 12.1 Å². The molecule has 0 saturated heterocycles. The van der Waals surface area contributed by atoms with Gasteiger partial charge in [-0.05, 0) is 31.6 Å². The summed E-state index contributed by atoms with van der Waals surface area (Å²) in [5.41, 5.74) is 1.02. The molecule has 0 aliphatic heterocycles. The lowest BCUT2D eigenvalue weighted by molar-refractivity contribution is -0.142. The van der Waals surface area contributed by atoms with Crippen LogP contribution in [0.5, 0.6) is 0 Å². The van der Waals surface area contributed by atoms with E-state index in [4.69, 9.17) is 9.94 Å². The molecular formula is C10H17NO3. The molecule has 1 unspecified atom stereocenters. The number of oxime groups is 1. The Balaban J connectivity index is 2.31. The van der Waals surface area contributed by atoms with Gasteiger partial charge in [0.2, 0.25) is 6.61 Å². The molecule has 1 aliphatic rings. The van der Waals surface area contributed by atoms with E-state index < -0.39 is 5.97 Å². The SMILES string of the molecule is CCC1CCCC(=NOCC(=O)O)C1. The molecule has 0 aromatic heterocycles. The molecule has 1 rings (SSSR count). The van der Waals surface area contributed by atoms with E-state index in [1.165, 1.54) is 6.42 Å². The van der Waals surface area contributed by atoms with Crippen LogP contribution >= 0.6 is 0 Å². The Hall–Kier alpha value is -1.06. The normalized spacial score (nSPS) is 24.9. The van der Waals surface area contributed by atoms with Gasteiger partial charge in [0, 0.05) is 0 Å². The third-order valence-electron chi connectivity index (χ3n) is 2.56. The van der Waals surface area contributed by atoms with E-state index in [1.54, 1.807) is 0 Å². The van der Waals surface area contributed by atoms with Crippen LogP contribution in [-0.4, -0.2) is 23.4 Å². The smallest absolute Gasteiger partial charge is 0.344 e. The van der Waals surface area contributed by atoms with Crippen molar-refractivity contribution in [3.63, 3.8) is 0 Å². The minimum atomic E-state index is -0.975. The lowest BCUT2D eigenvalue weighted by Crippen LogP contribution is -2.15. The number of hydrogen-bond acceptors (Lipinski definition) is 3. The fourth-order valence-electron chi connectivity index (χ4n) is 1.74. The van der Waals surface area contributed by atoms with Crippen LogP contribution in [-0.2, 0) is 9.63 Å². The first-order chi connectivity index (χ1) is 6.72. The number of nitrogens with zero attached hydrogens (tertiary/aromatic N) is 1. The van der Waals surface area contributed by atoms with E-state index in [-0.39, 0.29) is 6.61 Å². The Labute approximate surface area is 83.9 Å². The Morgan fingerprint density at radius 3 is 3.14 bits per heavy atom. The average molecular weight is 199 g/mol. The molecule has 1 atom stereocenters. The summed E-state index contributed by atoms with van der Waals surface area (Å²) < 4.78 is 0. The van der Waals surface area contributed by atoms with Gasteiger partial charge in [0.15, 0.2) is 0 Å². The first kappa shape index (κ1) is 11.0. The fraction of sp³-hybridized carbons (Fsp3) is 0.800. The molecule has 0 heterocycles. The molecule has 14 heavy (non-hydrogen) atoms. The van der Waals surface area contributed by atoms with Crippen molar-refractivity contribution in [3.05, 3.63) is 0 Å². The van der Waals surface area contributed by atoms with E-state index >= 15 is 0 Å². The van der Waals surface area contributed by atoms with Crippen molar-refractivity contribution >= 4 is 11.7 Å². The summed E-state index contributed by atoms with van der Waals surface area (Å²) >= 11 is 0. The number of carbonyl (C=O) groups is 1. The summed E-state index contributed by atoms with van der Waals surface area (Å²) in [4.78, 5) is 14.9. The molecule has 1 N–H and O–H groups in total. The zero-order valence-electron chi connectivity index (χ0n) is 8.53. The maximum atomic E-state index is 10.2. The predicted molar refractivity (Wildman–Crippen MR) is 53.3 cm³/mol. The van der Waals surface area contributed by atoms with Crippen LogP contribution in [0.15, 0.2) is 5.16 Å². The highest BCUT2D eigenvalue weighted by molar-refractivity contribution is 5.84. The summed E-state index contributed by atoms with van der Waals surface area (Å²) in [6.07, 6.45) is 5.49. The van der Waals surface area contributed by atoms with Crippen molar-refractivity contribution in [3.8, 4) is 0 Å². The summed E-state index contributed by atoms with van der Waals surface area (Å²) in [6, 6.07) is 0. The van der Waals surface area contributed by atoms with Crippen molar-refractivity contribution in [1.82, 2.24) is 0 Å². The van der Waals surface area contributed by atoms with Crippen LogP contribution < -0.4 is 0 Å². The molecule has 0 radical (unpaired) electrons. The quantitative estimate of drug-likeness (QED) is 0.705. The third-order valence-corrected chi connectivity index (χ3v) is 2.56. The minimum Gasteiger partial charge on any atom is -0.479 e. The zero-order valence-corrected chi connectivity index (χ0v) is 8.53. The molecule has 0 amide bonds. The lowest BCUT2D eigenvalue weighted by atomic mass is 9.86. The molecule has 0 bridgehead atoms. The molecule has 4 nitrogen and oxygen atoms in total. The molecule has 1 fully saturated rings. The second-order valence-electron chi connectivity index (χ2n) is 3.70. The Morgan fingerprint density at radius 1 is 1.71 bits per heavy atom. The molecule has 0 spiro atoms. The van der Waals surface area contributed by atoms with Crippen molar-refractivity contribution in [1.29, 1.82) is 0 Å². The maximum Gasteiger partial charge on any atom is 0.344 e. The zero-order chi connectivity index (χ0) is 10.4. The van der Waals surface area contributed by atoms with E-state index in [9.17, 15) is 4.79 Å². The molecule has 80 valence electrons.